The van der Waals surface area contributed by atoms with Gasteiger partial charge in [0, 0.05) is 11.5 Å². The normalized spacial score (nSPS) is 29.5. The standard InChI is InChI=1S/C15H17O9P/c1-7-5-11(17)23-9-3-2-4-10(12(7)9)25(20,21)24-15-14(19)13(18)8(16)6-22-15/h2-5,8,13-16,18-19H,6H2,1H3,(H,20,21)/t8-,13+,14-,15+/m1/s1. The summed E-state index contributed by atoms with van der Waals surface area (Å²) in [6.45, 7) is 1.21. The molecular weight excluding hydrogens is 355 g/mol. The van der Waals surface area contributed by atoms with Crippen LogP contribution in [0.4, 0.5) is 0 Å². The zero-order valence-electron chi connectivity index (χ0n) is 13.1. The third kappa shape index (κ3) is 3.40. The number of aryl methyl sites for hydroxylation is 1. The van der Waals surface area contributed by atoms with Gasteiger partial charge in [0.2, 0.25) is 0 Å². The second-order valence-corrected chi connectivity index (χ2v) is 7.51. The van der Waals surface area contributed by atoms with Crippen molar-refractivity contribution in [1.82, 2.24) is 0 Å². The van der Waals surface area contributed by atoms with Gasteiger partial charge in [0.15, 0.2) is 6.29 Å². The van der Waals surface area contributed by atoms with Crippen LogP contribution in [0, 0.1) is 6.92 Å². The lowest BCUT2D eigenvalue weighted by Crippen LogP contribution is -2.53. The van der Waals surface area contributed by atoms with Crippen molar-refractivity contribution in [3.05, 3.63) is 40.2 Å². The van der Waals surface area contributed by atoms with Gasteiger partial charge in [-0.25, -0.2) is 4.79 Å². The summed E-state index contributed by atoms with van der Waals surface area (Å²) in [7, 11) is -4.52. The van der Waals surface area contributed by atoms with E-state index in [-0.39, 0.29) is 22.9 Å². The lowest BCUT2D eigenvalue weighted by Gasteiger charge is -2.35. The lowest BCUT2D eigenvalue weighted by molar-refractivity contribution is -0.243. The summed E-state index contributed by atoms with van der Waals surface area (Å²) in [5.74, 6) is 0. The smallest absolute Gasteiger partial charge is 0.361 e. The van der Waals surface area contributed by atoms with Crippen molar-refractivity contribution in [1.29, 1.82) is 0 Å². The largest absolute Gasteiger partial charge is 0.423 e. The van der Waals surface area contributed by atoms with Gasteiger partial charge in [-0.1, -0.05) is 6.07 Å². The van der Waals surface area contributed by atoms with Gasteiger partial charge in [0.25, 0.3) is 0 Å². The molecule has 1 aromatic heterocycles. The van der Waals surface area contributed by atoms with Crippen LogP contribution >= 0.6 is 7.60 Å². The molecule has 136 valence electrons. The Balaban J connectivity index is 2.00. The molecule has 0 amide bonds. The zero-order chi connectivity index (χ0) is 18.4. The number of aliphatic hydroxyl groups excluding tert-OH is 3. The highest BCUT2D eigenvalue weighted by Gasteiger charge is 2.42. The maximum Gasteiger partial charge on any atom is 0.361 e. The van der Waals surface area contributed by atoms with E-state index in [0.717, 1.165) is 0 Å². The Labute approximate surface area is 141 Å². The Bertz CT molecular complexity index is 892. The van der Waals surface area contributed by atoms with Crippen LogP contribution in [0.15, 0.2) is 33.5 Å². The van der Waals surface area contributed by atoms with Crippen LogP contribution in [0.25, 0.3) is 11.0 Å². The Morgan fingerprint density at radius 2 is 1.96 bits per heavy atom. The highest BCUT2D eigenvalue weighted by Crippen LogP contribution is 2.45. The minimum Gasteiger partial charge on any atom is -0.423 e. The number of hydrogen-bond donors (Lipinski definition) is 4. The minimum atomic E-state index is -4.52. The summed E-state index contributed by atoms with van der Waals surface area (Å²) in [6.07, 6.45) is -6.23. The molecule has 1 aliphatic rings. The summed E-state index contributed by atoms with van der Waals surface area (Å²) in [4.78, 5) is 21.8. The summed E-state index contributed by atoms with van der Waals surface area (Å²) < 4.78 is 27.8. The van der Waals surface area contributed by atoms with Crippen LogP contribution in [-0.2, 0) is 13.8 Å². The lowest BCUT2D eigenvalue weighted by atomic mass is 10.1. The van der Waals surface area contributed by atoms with Gasteiger partial charge >= 0.3 is 13.2 Å². The molecule has 1 unspecified atom stereocenters. The van der Waals surface area contributed by atoms with E-state index in [2.05, 4.69) is 0 Å². The number of rotatable bonds is 3. The summed E-state index contributed by atoms with van der Waals surface area (Å²) in [6, 6.07) is 5.40. The SMILES string of the molecule is Cc1cc(=O)oc2cccc(P(=O)(O)O[C@@H]3OC[C@@H](O)[C@H](O)[C@H]3O)c12. The molecule has 1 fully saturated rings. The van der Waals surface area contributed by atoms with Crippen LogP contribution in [0.1, 0.15) is 5.56 Å². The Hall–Kier alpha value is -1.58. The summed E-state index contributed by atoms with van der Waals surface area (Å²) in [5, 5.41) is 29.0. The molecule has 0 radical (unpaired) electrons. The first-order valence-electron chi connectivity index (χ1n) is 7.42. The van der Waals surface area contributed by atoms with Crippen molar-refractivity contribution in [3.8, 4) is 0 Å². The van der Waals surface area contributed by atoms with E-state index >= 15 is 0 Å². The van der Waals surface area contributed by atoms with Crippen molar-refractivity contribution in [2.75, 3.05) is 6.61 Å². The van der Waals surface area contributed by atoms with E-state index < -0.39 is 37.8 Å². The number of hydrogen-bond acceptors (Lipinski definition) is 8. The molecule has 5 atom stereocenters. The van der Waals surface area contributed by atoms with E-state index in [1.165, 1.54) is 24.3 Å². The van der Waals surface area contributed by atoms with Gasteiger partial charge in [-0.2, -0.15) is 0 Å². The van der Waals surface area contributed by atoms with Crippen LogP contribution in [0.3, 0.4) is 0 Å². The van der Waals surface area contributed by atoms with Crippen molar-refractivity contribution >= 4 is 23.9 Å². The molecule has 1 saturated heterocycles. The van der Waals surface area contributed by atoms with E-state index in [1.807, 2.05) is 0 Å². The van der Waals surface area contributed by atoms with Gasteiger partial charge in [-0.3, -0.25) is 9.09 Å². The molecular formula is C15H17O9P. The highest BCUT2D eigenvalue weighted by atomic mass is 31.2. The molecule has 2 aromatic rings. The molecule has 1 aliphatic heterocycles. The van der Waals surface area contributed by atoms with Crippen molar-refractivity contribution < 1.29 is 38.5 Å². The second-order valence-electron chi connectivity index (χ2n) is 5.77. The predicted octanol–water partition coefficient (Wildman–Crippen LogP) is -0.632. The Morgan fingerprint density at radius 3 is 2.68 bits per heavy atom. The molecule has 2 heterocycles. The van der Waals surface area contributed by atoms with E-state index in [0.29, 0.717) is 5.56 Å². The minimum absolute atomic E-state index is 0.112. The molecule has 0 aliphatic carbocycles. The van der Waals surface area contributed by atoms with Crippen molar-refractivity contribution in [2.24, 2.45) is 0 Å². The van der Waals surface area contributed by atoms with E-state index in [9.17, 15) is 29.6 Å². The molecule has 0 spiro atoms. The highest BCUT2D eigenvalue weighted by molar-refractivity contribution is 7.61. The maximum atomic E-state index is 12.7. The molecule has 1 aromatic carbocycles. The van der Waals surface area contributed by atoms with Crippen molar-refractivity contribution in [2.45, 2.75) is 31.5 Å². The average molecular weight is 372 g/mol. The number of ether oxygens (including phenoxy) is 1. The van der Waals surface area contributed by atoms with Gasteiger partial charge in [0.1, 0.15) is 23.9 Å². The maximum absolute atomic E-state index is 12.7. The molecule has 0 saturated carbocycles. The zero-order valence-corrected chi connectivity index (χ0v) is 14.0. The number of aliphatic hydroxyl groups is 3. The fourth-order valence-electron chi connectivity index (χ4n) is 2.69. The van der Waals surface area contributed by atoms with Gasteiger partial charge in [0.05, 0.1) is 11.9 Å². The summed E-state index contributed by atoms with van der Waals surface area (Å²) in [5.41, 5.74) is -0.0692. The van der Waals surface area contributed by atoms with Crippen LogP contribution in [0.5, 0.6) is 0 Å². The van der Waals surface area contributed by atoms with E-state index in [1.54, 1.807) is 6.92 Å². The Morgan fingerprint density at radius 1 is 1.24 bits per heavy atom. The van der Waals surface area contributed by atoms with Crippen molar-refractivity contribution in [3.63, 3.8) is 0 Å². The van der Waals surface area contributed by atoms with Crippen LogP contribution in [0.2, 0.25) is 0 Å². The predicted molar refractivity (Wildman–Crippen MR) is 85.5 cm³/mol. The fourth-order valence-corrected chi connectivity index (χ4v) is 4.12. The van der Waals surface area contributed by atoms with Gasteiger partial charge in [-0.05, 0) is 24.6 Å². The first kappa shape index (κ1) is 18.2. The summed E-state index contributed by atoms with van der Waals surface area (Å²) >= 11 is 0. The number of fused-ring (bicyclic) bond motifs is 1. The molecule has 9 nitrogen and oxygen atoms in total. The third-order valence-corrected chi connectivity index (χ3v) is 5.42. The fraction of sp³-hybridized carbons (Fsp3) is 0.400. The van der Waals surface area contributed by atoms with E-state index in [4.69, 9.17) is 13.7 Å². The quantitative estimate of drug-likeness (QED) is 0.408. The number of benzene rings is 1. The molecule has 3 rings (SSSR count). The molecule has 4 N–H and O–H groups in total. The van der Waals surface area contributed by atoms with Gasteiger partial charge in [-0.15, -0.1) is 0 Å². The van der Waals surface area contributed by atoms with Gasteiger partial charge < -0.3 is 29.4 Å². The van der Waals surface area contributed by atoms with Crippen LogP contribution in [-0.4, -0.2) is 51.4 Å². The molecule has 25 heavy (non-hydrogen) atoms. The Kier molecular flexibility index (Phi) is 4.82. The second kappa shape index (κ2) is 6.62. The molecule has 10 heteroatoms. The third-order valence-electron chi connectivity index (χ3n) is 3.95. The molecule has 0 bridgehead atoms. The topological polar surface area (TPSA) is 147 Å². The first-order valence-corrected chi connectivity index (χ1v) is 8.99. The average Bonchev–Trinajstić information content (AvgIpc) is 2.54. The van der Waals surface area contributed by atoms with Crippen LogP contribution < -0.4 is 10.9 Å². The monoisotopic (exact) mass is 372 g/mol. The first-order chi connectivity index (χ1) is 11.7.